The van der Waals surface area contributed by atoms with Gasteiger partial charge in [-0.15, -0.1) is 0 Å². The highest BCUT2D eigenvalue weighted by Gasteiger charge is 2.49. The third-order valence-electron chi connectivity index (χ3n) is 3.79. The molecule has 3 rings (SSSR count). The predicted octanol–water partition coefficient (Wildman–Crippen LogP) is 5.02. The van der Waals surface area contributed by atoms with Crippen LogP contribution in [0.25, 0.3) is 6.08 Å². The molecule has 0 aromatic heterocycles. The van der Waals surface area contributed by atoms with E-state index in [-0.39, 0.29) is 5.92 Å². The highest BCUT2D eigenvalue weighted by atomic mass is 79.9. The molecule has 0 aliphatic heterocycles. The number of allylic oxidation sites excluding steroid dienone is 1. The molecule has 2 heteroatoms. The average molecular weight is 324 g/mol. The van der Waals surface area contributed by atoms with E-state index in [0.717, 1.165) is 4.47 Å². The minimum atomic E-state index is 0.108. The zero-order chi connectivity index (χ0) is 13.9. The van der Waals surface area contributed by atoms with Crippen LogP contribution < -0.4 is 0 Å². The zero-order valence-corrected chi connectivity index (χ0v) is 12.5. The summed E-state index contributed by atoms with van der Waals surface area (Å²) in [6.07, 6.45) is 4.30. The van der Waals surface area contributed by atoms with Gasteiger partial charge in [0.25, 0.3) is 0 Å². The van der Waals surface area contributed by atoms with Crippen molar-refractivity contribution >= 4 is 22.0 Å². The fourth-order valence-corrected chi connectivity index (χ4v) is 2.91. The Kier molecular flexibility index (Phi) is 3.71. The number of hydrogen-bond acceptors (Lipinski definition) is 1. The van der Waals surface area contributed by atoms with Crippen LogP contribution in [-0.4, -0.2) is 0 Å². The first-order valence-corrected chi connectivity index (χ1v) is 7.47. The molecule has 98 valence electrons. The lowest BCUT2D eigenvalue weighted by atomic mass is 10.1. The molecule has 0 unspecified atom stereocenters. The maximum Gasteiger partial charge on any atom is 0.0668 e. The third-order valence-corrected chi connectivity index (χ3v) is 4.32. The van der Waals surface area contributed by atoms with Crippen molar-refractivity contribution < 1.29 is 0 Å². The number of benzene rings is 2. The highest BCUT2D eigenvalue weighted by Crippen LogP contribution is 2.54. The Hall–Kier alpha value is -1.85. The van der Waals surface area contributed by atoms with E-state index in [9.17, 15) is 5.26 Å². The van der Waals surface area contributed by atoms with Crippen LogP contribution >= 0.6 is 15.9 Å². The van der Waals surface area contributed by atoms with E-state index < -0.39 is 0 Å². The molecule has 1 aliphatic carbocycles. The summed E-state index contributed by atoms with van der Waals surface area (Å²) in [6, 6.07) is 20.9. The summed E-state index contributed by atoms with van der Waals surface area (Å²) in [5.74, 6) is 0.783. The normalized spacial score (nSPS) is 24.5. The largest absolute Gasteiger partial charge is 0.198 e. The van der Waals surface area contributed by atoms with E-state index in [1.807, 2.05) is 30.3 Å². The van der Waals surface area contributed by atoms with Crippen molar-refractivity contribution in [1.29, 1.82) is 5.26 Å². The Bertz CT molecular complexity index is 652. The summed E-state index contributed by atoms with van der Waals surface area (Å²) in [5.41, 5.74) is 2.44. The first-order valence-electron chi connectivity index (χ1n) is 6.68. The van der Waals surface area contributed by atoms with Crippen molar-refractivity contribution in [1.82, 2.24) is 0 Å². The van der Waals surface area contributed by atoms with Gasteiger partial charge in [-0.1, -0.05) is 70.5 Å². The number of nitrogens with zero attached hydrogens (tertiary/aromatic N) is 1. The van der Waals surface area contributed by atoms with Gasteiger partial charge in [-0.25, -0.2) is 0 Å². The molecule has 2 aromatic carbocycles. The molecule has 1 fully saturated rings. The van der Waals surface area contributed by atoms with Gasteiger partial charge in [-0.3, -0.25) is 0 Å². The summed E-state index contributed by atoms with van der Waals surface area (Å²) >= 11 is 3.44. The minimum Gasteiger partial charge on any atom is -0.198 e. The van der Waals surface area contributed by atoms with Crippen LogP contribution in [-0.2, 0) is 0 Å². The van der Waals surface area contributed by atoms with Gasteiger partial charge in [0.15, 0.2) is 0 Å². The van der Waals surface area contributed by atoms with Crippen LogP contribution in [0.1, 0.15) is 17.0 Å². The van der Waals surface area contributed by atoms with E-state index in [1.165, 1.54) is 11.1 Å². The van der Waals surface area contributed by atoms with Gasteiger partial charge in [-0.05, 0) is 23.3 Å². The van der Waals surface area contributed by atoms with Crippen molar-refractivity contribution in [2.24, 2.45) is 11.8 Å². The molecule has 0 saturated heterocycles. The molecular formula is C18H14BrN. The van der Waals surface area contributed by atoms with E-state index >= 15 is 0 Å². The summed E-state index contributed by atoms with van der Waals surface area (Å²) in [7, 11) is 0. The molecule has 3 atom stereocenters. The van der Waals surface area contributed by atoms with Gasteiger partial charge in [-0.2, -0.15) is 5.26 Å². The number of nitriles is 1. The lowest BCUT2D eigenvalue weighted by molar-refractivity contribution is 1.01. The van der Waals surface area contributed by atoms with Crippen LogP contribution in [0.3, 0.4) is 0 Å². The molecule has 0 amide bonds. The Balaban J connectivity index is 1.76. The van der Waals surface area contributed by atoms with Crippen molar-refractivity contribution in [2.75, 3.05) is 0 Å². The molecule has 0 bridgehead atoms. The van der Waals surface area contributed by atoms with Crippen LogP contribution in [0.4, 0.5) is 0 Å². The van der Waals surface area contributed by atoms with Crippen LogP contribution in [0.5, 0.6) is 0 Å². The first kappa shape index (κ1) is 13.1. The van der Waals surface area contributed by atoms with Gasteiger partial charge in [0.2, 0.25) is 0 Å². The second-order valence-corrected chi connectivity index (χ2v) is 6.00. The number of halogens is 1. The average Bonchev–Trinajstić information content (AvgIpc) is 3.20. The minimum absolute atomic E-state index is 0.108. The Morgan fingerprint density at radius 2 is 1.70 bits per heavy atom. The zero-order valence-electron chi connectivity index (χ0n) is 10.9. The van der Waals surface area contributed by atoms with E-state index in [0.29, 0.717) is 11.8 Å². The third kappa shape index (κ3) is 2.69. The van der Waals surface area contributed by atoms with Gasteiger partial charge in [0.1, 0.15) is 0 Å². The van der Waals surface area contributed by atoms with Crippen LogP contribution in [0, 0.1) is 23.2 Å². The molecule has 1 saturated carbocycles. The summed E-state index contributed by atoms with van der Waals surface area (Å²) < 4.78 is 1.08. The second-order valence-electron chi connectivity index (χ2n) is 5.08. The van der Waals surface area contributed by atoms with E-state index in [1.54, 1.807) is 0 Å². The Morgan fingerprint density at radius 3 is 2.35 bits per heavy atom. The molecule has 0 N–H and O–H groups in total. The van der Waals surface area contributed by atoms with E-state index in [2.05, 4.69) is 58.4 Å². The fraction of sp³-hybridized carbons (Fsp3) is 0.167. The van der Waals surface area contributed by atoms with Crippen molar-refractivity contribution in [2.45, 2.75) is 5.92 Å². The maximum absolute atomic E-state index is 9.27. The Labute approximate surface area is 127 Å². The molecule has 20 heavy (non-hydrogen) atoms. The monoisotopic (exact) mass is 323 g/mol. The molecule has 1 aliphatic rings. The number of hydrogen-bond donors (Lipinski definition) is 0. The molecule has 0 spiro atoms. The molecule has 0 radical (unpaired) electrons. The smallest absolute Gasteiger partial charge is 0.0668 e. The SMILES string of the molecule is N#C[C@H]1[C@H](/C=C/c2ccccc2)[C@@H]1c1ccc(Br)cc1. The van der Waals surface area contributed by atoms with Crippen LogP contribution in [0.15, 0.2) is 65.1 Å². The topological polar surface area (TPSA) is 23.8 Å². The Morgan fingerprint density at radius 1 is 1.00 bits per heavy atom. The molecular weight excluding hydrogens is 310 g/mol. The van der Waals surface area contributed by atoms with Gasteiger partial charge in [0.05, 0.1) is 12.0 Å². The summed E-state index contributed by atoms with van der Waals surface area (Å²) in [4.78, 5) is 0. The number of rotatable bonds is 3. The highest BCUT2D eigenvalue weighted by molar-refractivity contribution is 9.10. The standard InChI is InChI=1S/C18H14BrN/c19-15-9-7-14(8-10-15)18-16(17(18)12-20)11-6-13-4-2-1-3-5-13/h1-11,16-18H/b11-6+/t16-,17-,18-/m0/s1. The fourth-order valence-electron chi connectivity index (χ4n) is 2.64. The second kappa shape index (κ2) is 5.64. The van der Waals surface area contributed by atoms with Crippen molar-refractivity contribution in [3.05, 3.63) is 76.3 Å². The first-order chi connectivity index (χ1) is 9.79. The van der Waals surface area contributed by atoms with Crippen LogP contribution in [0.2, 0.25) is 0 Å². The van der Waals surface area contributed by atoms with Crippen molar-refractivity contribution in [3.63, 3.8) is 0 Å². The van der Waals surface area contributed by atoms with Gasteiger partial charge >= 0.3 is 0 Å². The predicted molar refractivity (Wildman–Crippen MR) is 85.0 cm³/mol. The van der Waals surface area contributed by atoms with Gasteiger partial charge < -0.3 is 0 Å². The summed E-state index contributed by atoms with van der Waals surface area (Å²) in [6.45, 7) is 0. The lowest BCUT2D eigenvalue weighted by Crippen LogP contribution is -1.81. The quantitative estimate of drug-likeness (QED) is 0.778. The molecule has 1 nitrogen and oxygen atoms in total. The molecule has 0 heterocycles. The maximum atomic E-state index is 9.27. The molecule has 2 aromatic rings. The van der Waals surface area contributed by atoms with E-state index in [4.69, 9.17) is 0 Å². The van der Waals surface area contributed by atoms with Crippen molar-refractivity contribution in [3.8, 4) is 6.07 Å². The lowest BCUT2D eigenvalue weighted by Gasteiger charge is -1.98. The summed E-state index contributed by atoms with van der Waals surface area (Å²) in [5, 5.41) is 9.27. The van der Waals surface area contributed by atoms with Gasteiger partial charge in [0, 0.05) is 16.3 Å².